The molecule has 1 aliphatic heterocycles. The largest absolute Gasteiger partial charge is 0.478 e. The third-order valence-electron chi connectivity index (χ3n) is 6.44. The second-order valence-corrected chi connectivity index (χ2v) is 8.32. The monoisotopic (exact) mass is 438 g/mol. The Morgan fingerprint density at radius 1 is 0.697 bits per heavy atom. The number of allylic oxidation sites excluding steroid dienone is 2. The Balaban J connectivity index is 1.52. The zero-order chi connectivity index (χ0) is 22.9. The lowest BCUT2D eigenvalue weighted by atomic mass is 9.68. The Hall–Kier alpha value is -4.19. The fourth-order valence-electron chi connectivity index (χ4n) is 4.86. The number of nitrogens with zero attached hydrogens (tertiary/aromatic N) is 1. The summed E-state index contributed by atoms with van der Waals surface area (Å²) in [5.41, 5.74) is 5.50. The van der Waals surface area contributed by atoms with Crippen LogP contribution in [0.25, 0.3) is 0 Å². The minimum atomic E-state index is -1.04. The summed E-state index contributed by atoms with van der Waals surface area (Å²) in [5, 5.41) is 10.2. The lowest BCUT2D eigenvalue weighted by Crippen LogP contribution is -2.37. The number of rotatable bonds is 5. The molecule has 2 aliphatic rings. The van der Waals surface area contributed by atoms with Gasteiger partial charge in [-0.2, -0.15) is 5.01 Å². The number of hydrogen-bond acceptors (Lipinski definition) is 4. The van der Waals surface area contributed by atoms with Gasteiger partial charge in [-0.15, -0.1) is 0 Å². The van der Waals surface area contributed by atoms with Crippen LogP contribution in [0.3, 0.4) is 0 Å². The van der Waals surface area contributed by atoms with Crippen LogP contribution < -0.4 is 5.43 Å². The maximum absolute atomic E-state index is 13.6. The summed E-state index contributed by atoms with van der Waals surface area (Å²) < 4.78 is 0. The summed E-state index contributed by atoms with van der Waals surface area (Å²) in [6.07, 6.45) is 4.09. The minimum Gasteiger partial charge on any atom is -0.478 e. The van der Waals surface area contributed by atoms with E-state index in [1.165, 1.54) is 12.1 Å². The van der Waals surface area contributed by atoms with Crippen molar-refractivity contribution in [3.63, 3.8) is 0 Å². The van der Waals surface area contributed by atoms with Gasteiger partial charge in [-0.3, -0.25) is 15.0 Å². The Bertz CT molecular complexity index is 1150. The van der Waals surface area contributed by atoms with Gasteiger partial charge in [-0.25, -0.2) is 4.79 Å². The fourth-order valence-corrected chi connectivity index (χ4v) is 4.86. The number of benzene rings is 3. The Kier molecular flexibility index (Phi) is 5.26. The molecule has 3 aromatic rings. The lowest BCUT2D eigenvalue weighted by Gasteiger charge is -2.32. The Morgan fingerprint density at radius 2 is 1.15 bits per heavy atom. The molecule has 0 radical (unpaired) electrons. The highest BCUT2D eigenvalue weighted by Gasteiger charge is 2.55. The molecule has 0 bridgehead atoms. The number of nitrogens with one attached hydrogen (secondary N) is 1. The zero-order valence-electron chi connectivity index (χ0n) is 17.7. The summed E-state index contributed by atoms with van der Waals surface area (Å²) in [6, 6.07) is 25.5. The normalized spacial score (nSPS) is 23.9. The predicted octanol–water partition coefficient (Wildman–Crippen LogP) is 4.45. The number of carbonyl (C=O) groups excluding carboxylic acids is 2. The summed E-state index contributed by atoms with van der Waals surface area (Å²) in [6.45, 7) is 0. The second-order valence-electron chi connectivity index (χ2n) is 8.32. The van der Waals surface area contributed by atoms with Gasteiger partial charge in [0.1, 0.15) is 0 Å². The highest BCUT2D eigenvalue weighted by Crippen LogP contribution is 2.49. The smallest absolute Gasteiger partial charge is 0.335 e. The third-order valence-corrected chi connectivity index (χ3v) is 6.44. The number of fused-ring (bicyclic) bond motifs is 1. The van der Waals surface area contributed by atoms with Gasteiger partial charge in [0.15, 0.2) is 0 Å². The average Bonchev–Trinajstić information content (AvgIpc) is 3.10. The molecule has 2 amide bonds. The molecular weight excluding hydrogens is 416 g/mol. The van der Waals surface area contributed by atoms with Crippen molar-refractivity contribution < 1.29 is 19.5 Å². The minimum absolute atomic E-state index is 0.130. The first-order valence-electron chi connectivity index (χ1n) is 10.8. The van der Waals surface area contributed by atoms with Gasteiger partial charge in [-0.1, -0.05) is 72.8 Å². The zero-order valence-corrected chi connectivity index (χ0v) is 17.7. The van der Waals surface area contributed by atoms with Crippen LogP contribution in [-0.2, 0) is 9.59 Å². The number of aromatic carboxylic acids is 1. The molecule has 0 unspecified atom stereocenters. The lowest BCUT2D eigenvalue weighted by molar-refractivity contribution is -0.138. The molecule has 0 saturated carbocycles. The molecule has 1 saturated heterocycles. The van der Waals surface area contributed by atoms with Crippen LogP contribution in [0.5, 0.6) is 0 Å². The van der Waals surface area contributed by atoms with Crippen molar-refractivity contribution in [1.29, 1.82) is 0 Å². The molecule has 3 aromatic carbocycles. The average molecular weight is 438 g/mol. The van der Waals surface area contributed by atoms with Crippen LogP contribution in [0.4, 0.5) is 5.69 Å². The van der Waals surface area contributed by atoms with Crippen molar-refractivity contribution in [3.05, 3.63) is 114 Å². The van der Waals surface area contributed by atoms with Crippen molar-refractivity contribution in [2.45, 2.75) is 11.8 Å². The van der Waals surface area contributed by atoms with Crippen LogP contribution in [0.1, 0.15) is 33.3 Å². The molecular formula is C27H22N2O4. The fraction of sp³-hybridized carbons (Fsp3) is 0.148. The van der Waals surface area contributed by atoms with Crippen LogP contribution in [-0.4, -0.2) is 27.9 Å². The van der Waals surface area contributed by atoms with Gasteiger partial charge in [0.2, 0.25) is 0 Å². The second kappa shape index (κ2) is 8.39. The van der Waals surface area contributed by atoms with Crippen molar-refractivity contribution in [2.75, 3.05) is 5.43 Å². The number of carboxylic acids is 1. The van der Waals surface area contributed by atoms with E-state index in [1.54, 1.807) is 12.1 Å². The summed E-state index contributed by atoms with van der Waals surface area (Å²) in [5.74, 6) is -3.12. The van der Waals surface area contributed by atoms with Crippen LogP contribution in [0.15, 0.2) is 97.1 Å². The molecule has 6 heteroatoms. The number of hydrazine groups is 1. The van der Waals surface area contributed by atoms with E-state index in [0.717, 1.165) is 16.1 Å². The summed E-state index contributed by atoms with van der Waals surface area (Å²) in [7, 11) is 0. The molecule has 5 rings (SSSR count). The number of amides is 2. The van der Waals surface area contributed by atoms with E-state index in [2.05, 4.69) is 5.43 Å². The van der Waals surface area contributed by atoms with Crippen molar-refractivity contribution in [2.24, 2.45) is 11.8 Å². The molecule has 1 aliphatic carbocycles. The first-order valence-corrected chi connectivity index (χ1v) is 10.8. The predicted molar refractivity (Wildman–Crippen MR) is 123 cm³/mol. The molecule has 2 N–H and O–H groups in total. The van der Waals surface area contributed by atoms with Gasteiger partial charge in [0, 0.05) is 11.8 Å². The molecule has 164 valence electrons. The molecule has 4 atom stereocenters. The summed E-state index contributed by atoms with van der Waals surface area (Å²) >= 11 is 0. The van der Waals surface area contributed by atoms with E-state index in [9.17, 15) is 14.4 Å². The van der Waals surface area contributed by atoms with E-state index in [1.807, 2.05) is 72.8 Å². The maximum Gasteiger partial charge on any atom is 0.335 e. The third kappa shape index (κ3) is 3.69. The number of carbonyl (C=O) groups is 3. The number of hydrogen-bond donors (Lipinski definition) is 2. The molecule has 1 fully saturated rings. The van der Waals surface area contributed by atoms with Gasteiger partial charge >= 0.3 is 5.97 Å². The quantitative estimate of drug-likeness (QED) is 0.454. The van der Waals surface area contributed by atoms with Crippen molar-refractivity contribution >= 4 is 23.5 Å². The molecule has 1 heterocycles. The van der Waals surface area contributed by atoms with Crippen LogP contribution in [0.2, 0.25) is 0 Å². The van der Waals surface area contributed by atoms with Gasteiger partial charge in [-0.05, 0) is 35.4 Å². The van der Waals surface area contributed by atoms with Crippen LogP contribution >= 0.6 is 0 Å². The van der Waals surface area contributed by atoms with E-state index < -0.39 is 17.8 Å². The number of imide groups is 1. The first-order chi connectivity index (χ1) is 16.0. The molecule has 0 aromatic heterocycles. The van der Waals surface area contributed by atoms with Crippen molar-refractivity contribution in [3.8, 4) is 0 Å². The van der Waals surface area contributed by atoms with Gasteiger partial charge in [0.25, 0.3) is 11.8 Å². The van der Waals surface area contributed by atoms with E-state index in [0.29, 0.717) is 5.69 Å². The molecule has 6 nitrogen and oxygen atoms in total. The van der Waals surface area contributed by atoms with Gasteiger partial charge < -0.3 is 5.11 Å². The highest BCUT2D eigenvalue weighted by atomic mass is 16.4. The number of anilines is 1. The van der Waals surface area contributed by atoms with Crippen LogP contribution in [0, 0.1) is 11.8 Å². The maximum atomic E-state index is 13.6. The van der Waals surface area contributed by atoms with E-state index >= 15 is 0 Å². The Morgan fingerprint density at radius 3 is 1.58 bits per heavy atom. The molecule has 33 heavy (non-hydrogen) atoms. The Labute approximate surface area is 191 Å². The van der Waals surface area contributed by atoms with E-state index in [4.69, 9.17) is 5.11 Å². The topological polar surface area (TPSA) is 86.7 Å². The SMILES string of the molecule is O=C(O)c1ccc(NN2C(=O)[C@@H]3[C@H](C2=O)[C@H](c2ccccc2)C=C[C@@H]3c2ccccc2)cc1. The highest BCUT2D eigenvalue weighted by molar-refractivity contribution is 6.07. The standard InChI is InChI=1S/C27H22N2O4/c30-25-23-21(17-7-3-1-4-8-17)15-16-22(18-9-5-2-6-10-18)24(23)26(31)29(25)28-20-13-11-19(12-14-20)27(32)33/h1-16,21-24,28H,(H,32,33)/t21-,22+,23+,24-. The number of carboxylic acid groups (broad SMARTS) is 1. The van der Waals surface area contributed by atoms with Crippen molar-refractivity contribution in [1.82, 2.24) is 5.01 Å². The van der Waals surface area contributed by atoms with E-state index in [-0.39, 0.29) is 29.2 Å². The first kappa shape index (κ1) is 20.7. The molecule has 0 spiro atoms. The summed E-state index contributed by atoms with van der Waals surface area (Å²) in [4.78, 5) is 38.3. The van der Waals surface area contributed by atoms with Gasteiger partial charge in [0.05, 0.1) is 23.1 Å².